The first-order valence-corrected chi connectivity index (χ1v) is 9.06. The third-order valence-corrected chi connectivity index (χ3v) is 4.86. The van der Waals surface area contributed by atoms with Gasteiger partial charge in [0.15, 0.2) is 11.5 Å². The number of hydrogen-bond acceptors (Lipinski definition) is 5. The SMILES string of the molecule is Cc1ccc(C(=O)NNc2ncnc3c2cnn3-c2ccc(Cl)c(Cl)c2)cc1. The Bertz CT molecular complexity index is 1170. The number of rotatable bonds is 4. The lowest BCUT2D eigenvalue weighted by Crippen LogP contribution is -2.29. The summed E-state index contributed by atoms with van der Waals surface area (Å²) in [6.45, 7) is 1.96. The van der Waals surface area contributed by atoms with Crippen LogP contribution in [0.25, 0.3) is 16.7 Å². The summed E-state index contributed by atoms with van der Waals surface area (Å²) in [5.74, 6) is 0.153. The van der Waals surface area contributed by atoms with E-state index in [1.54, 1.807) is 41.2 Å². The van der Waals surface area contributed by atoms with Crippen molar-refractivity contribution in [2.24, 2.45) is 0 Å². The number of hydrazine groups is 1. The number of aryl methyl sites for hydroxylation is 1. The normalized spacial score (nSPS) is 10.8. The van der Waals surface area contributed by atoms with E-state index in [0.717, 1.165) is 5.56 Å². The third kappa shape index (κ3) is 3.49. The highest BCUT2D eigenvalue weighted by Crippen LogP contribution is 2.27. The number of nitrogens with one attached hydrogen (secondary N) is 2. The first kappa shape index (κ1) is 18.2. The Morgan fingerprint density at radius 2 is 1.82 bits per heavy atom. The van der Waals surface area contributed by atoms with E-state index in [1.807, 2.05) is 19.1 Å². The molecular weight excluding hydrogens is 399 g/mol. The summed E-state index contributed by atoms with van der Waals surface area (Å²) in [6, 6.07) is 12.4. The van der Waals surface area contributed by atoms with Gasteiger partial charge in [-0.1, -0.05) is 40.9 Å². The van der Waals surface area contributed by atoms with Crippen molar-refractivity contribution >= 4 is 46.0 Å². The summed E-state index contributed by atoms with van der Waals surface area (Å²) in [5.41, 5.74) is 8.35. The highest BCUT2D eigenvalue weighted by Gasteiger charge is 2.13. The molecular formula is C19H14Cl2N6O. The minimum Gasteiger partial charge on any atom is -0.281 e. The van der Waals surface area contributed by atoms with E-state index in [9.17, 15) is 4.79 Å². The fraction of sp³-hybridized carbons (Fsp3) is 0.0526. The van der Waals surface area contributed by atoms with Crippen molar-refractivity contribution in [3.63, 3.8) is 0 Å². The quantitative estimate of drug-likeness (QED) is 0.490. The van der Waals surface area contributed by atoms with Crippen LogP contribution in [0.3, 0.4) is 0 Å². The highest BCUT2D eigenvalue weighted by molar-refractivity contribution is 6.42. The van der Waals surface area contributed by atoms with E-state index in [1.165, 1.54) is 6.33 Å². The van der Waals surface area contributed by atoms with Crippen molar-refractivity contribution in [1.82, 2.24) is 25.2 Å². The van der Waals surface area contributed by atoms with Gasteiger partial charge in [0.25, 0.3) is 5.91 Å². The Kier molecular flexibility index (Phi) is 4.85. The maximum absolute atomic E-state index is 12.3. The standard InChI is InChI=1S/C19H14Cl2N6O/c1-11-2-4-12(5-3-11)19(28)26-25-17-14-9-24-27(18(14)23-10-22-17)13-6-7-15(20)16(21)8-13/h2-10H,1H3,(H,26,28)(H,22,23,25). The lowest BCUT2D eigenvalue weighted by atomic mass is 10.1. The van der Waals surface area contributed by atoms with Crippen molar-refractivity contribution in [3.8, 4) is 5.69 Å². The lowest BCUT2D eigenvalue weighted by molar-refractivity contribution is 0.0962. The fourth-order valence-corrected chi connectivity index (χ4v) is 2.93. The average molecular weight is 413 g/mol. The molecule has 4 rings (SSSR count). The van der Waals surface area contributed by atoms with Gasteiger partial charge in [-0.2, -0.15) is 5.10 Å². The van der Waals surface area contributed by atoms with Gasteiger partial charge < -0.3 is 0 Å². The van der Waals surface area contributed by atoms with E-state index < -0.39 is 0 Å². The zero-order valence-electron chi connectivity index (χ0n) is 14.6. The zero-order chi connectivity index (χ0) is 19.7. The number of carbonyl (C=O) groups is 1. The Labute approximate surface area is 170 Å². The number of carbonyl (C=O) groups excluding carboxylic acids is 1. The topological polar surface area (TPSA) is 84.7 Å². The zero-order valence-corrected chi connectivity index (χ0v) is 16.2. The minimum absolute atomic E-state index is 0.274. The van der Waals surface area contributed by atoms with Crippen molar-refractivity contribution in [2.45, 2.75) is 6.92 Å². The lowest BCUT2D eigenvalue weighted by Gasteiger charge is -2.09. The maximum Gasteiger partial charge on any atom is 0.269 e. The average Bonchev–Trinajstić information content (AvgIpc) is 3.13. The predicted molar refractivity (Wildman–Crippen MR) is 109 cm³/mol. The van der Waals surface area contributed by atoms with Crippen LogP contribution in [0.5, 0.6) is 0 Å². The van der Waals surface area contributed by atoms with Crippen molar-refractivity contribution < 1.29 is 4.79 Å². The van der Waals surface area contributed by atoms with E-state index in [0.29, 0.717) is 38.1 Å². The molecule has 4 aromatic rings. The molecule has 0 saturated carbocycles. The van der Waals surface area contributed by atoms with Gasteiger partial charge in [-0.15, -0.1) is 0 Å². The smallest absolute Gasteiger partial charge is 0.269 e. The van der Waals surface area contributed by atoms with Crippen molar-refractivity contribution in [3.05, 3.63) is 76.2 Å². The molecule has 28 heavy (non-hydrogen) atoms. The molecule has 0 aliphatic heterocycles. The van der Waals surface area contributed by atoms with Crippen LogP contribution in [0.15, 0.2) is 55.0 Å². The molecule has 1 amide bonds. The summed E-state index contributed by atoms with van der Waals surface area (Å²) in [4.78, 5) is 20.8. The van der Waals surface area contributed by atoms with Gasteiger partial charge in [0, 0.05) is 5.56 Å². The predicted octanol–water partition coefficient (Wildman–Crippen LogP) is 4.19. The number of nitrogens with zero attached hydrogens (tertiary/aromatic N) is 4. The van der Waals surface area contributed by atoms with E-state index >= 15 is 0 Å². The largest absolute Gasteiger partial charge is 0.281 e. The number of halogens is 2. The molecule has 0 radical (unpaired) electrons. The molecule has 0 spiro atoms. The number of amides is 1. The first-order chi connectivity index (χ1) is 13.5. The van der Waals surface area contributed by atoms with Crippen LogP contribution in [0.4, 0.5) is 5.82 Å². The molecule has 140 valence electrons. The number of anilines is 1. The summed E-state index contributed by atoms with van der Waals surface area (Å²) in [7, 11) is 0. The Hall–Kier alpha value is -3.16. The first-order valence-electron chi connectivity index (χ1n) is 8.30. The monoisotopic (exact) mass is 412 g/mol. The van der Waals surface area contributed by atoms with Gasteiger partial charge in [-0.3, -0.25) is 15.6 Å². The van der Waals surface area contributed by atoms with Crippen LogP contribution in [-0.4, -0.2) is 25.7 Å². The Morgan fingerprint density at radius 1 is 1.04 bits per heavy atom. The summed E-state index contributed by atoms with van der Waals surface area (Å²) in [6.07, 6.45) is 3.00. The van der Waals surface area contributed by atoms with Crippen molar-refractivity contribution in [1.29, 1.82) is 0 Å². The molecule has 0 aliphatic rings. The molecule has 0 aliphatic carbocycles. The third-order valence-electron chi connectivity index (χ3n) is 4.12. The second-order valence-electron chi connectivity index (χ2n) is 6.06. The number of aromatic nitrogens is 4. The van der Waals surface area contributed by atoms with Gasteiger partial charge in [0.05, 0.1) is 27.3 Å². The number of benzene rings is 2. The Morgan fingerprint density at radius 3 is 2.57 bits per heavy atom. The molecule has 0 fully saturated rings. The second kappa shape index (κ2) is 7.46. The van der Waals surface area contributed by atoms with Crippen LogP contribution in [0.1, 0.15) is 15.9 Å². The molecule has 0 saturated heterocycles. The highest BCUT2D eigenvalue weighted by atomic mass is 35.5. The Balaban J connectivity index is 1.60. The molecule has 0 atom stereocenters. The van der Waals surface area contributed by atoms with Crippen LogP contribution in [-0.2, 0) is 0 Å². The molecule has 2 heterocycles. The molecule has 2 aromatic carbocycles. The van der Waals surface area contributed by atoms with Gasteiger partial charge in [-0.25, -0.2) is 14.6 Å². The van der Waals surface area contributed by atoms with E-state index in [4.69, 9.17) is 23.2 Å². The molecule has 0 unspecified atom stereocenters. The van der Waals surface area contributed by atoms with E-state index in [2.05, 4.69) is 25.9 Å². The molecule has 9 heteroatoms. The molecule has 2 aromatic heterocycles. The number of hydrogen-bond donors (Lipinski definition) is 2. The van der Waals surface area contributed by atoms with Gasteiger partial charge in [0.1, 0.15) is 6.33 Å². The summed E-state index contributed by atoms with van der Waals surface area (Å²) < 4.78 is 1.62. The van der Waals surface area contributed by atoms with Crippen LogP contribution in [0, 0.1) is 6.92 Å². The molecule has 7 nitrogen and oxygen atoms in total. The van der Waals surface area contributed by atoms with Gasteiger partial charge in [-0.05, 0) is 37.3 Å². The summed E-state index contributed by atoms with van der Waals surface area (Å²) >= 11 is 12.1. The summed E-state index contributed by atoms with van der Waals surface area (Å²) in [5, 5.41) is 5.86. The van der Waals surface area contributed by atoms with E-state index in [-0.39, 0.29) is 5.91 Å². The van der Waals surface area contributed by atoms with Gasteiger partial charge in [0.2, 0.25) is 0 Å². The van der Waals surface area contributed by atoms with Crippen molar-refractivity contribution in [2.75, 3.05) is 5.43 Å². The number of fused-ring (bicyclic) bond motifs is 1. The van der Waals surface area contributed by atoms with Crippen LogP contribution < -0.4 is 10.9 Å². The fourth-order valence-electron chi connectivity index (χ4n) is 2.64. The minimum atomic E-state index is -0.274. The van der Waals surface area contributed by atoms with Crippen LogP contribution >= 0.6 is 23.2 Å². The van der Waals surface area contributed by atoms with Crippen LogP contribution in [0.2, 0.25) is 10.0 Å². The molecule has 0 bridgehead atoms. The second-order valence-corrected chi connectivity index (χ2v) is 6.87. The van der Waals surface area contributed by atoms with Gasteiger partial charge >= 0.3 is 0 Å². The maximum atomic E-state index is 12.3. The molecule has 2 N–H and O–H groups in total.